The van der Waals surface area contributed by atoms with Crippen molar-refractivity contribution in [1.82, 2.24) is 10.1 Å². The van der Waals surface area contributed by atoms with E-state index in [0.29, 0.717) is 11.7 Å². The predicted octanol–water partition coefficient (Wildman–Crippen LogP) is 6.51. The molecule has 0 N–H and O–H groups in total. The lowest BCUT2D eigenvalue weighted by Gasteiger charge is -2.13. The van der Waals surface area contributed by atoms with E-state index < -0.39 is 0 Å². The minimum absolute atomic E-state index is 0.317. The lowest BCUT2D eigenvalue weighted by atomic mass is 9.92. The Kier molecular flexibility index (Phi) is 5.90. The fourth-order valence-corrected chi connectivity index (χ4v) is 3.44. The Morgan fingerprint density at radius 2 is 1.85 bits per heavy atom. The largest absolute Gasteiger partial charge is 0.339 e. The Morgan fingerprint density at radius 3 is 2.44 bits per heavy atom. The van der Waals surface area contributed by atoms with Crippen LogP contribution in [0.1, 0.15) is 61.0 Å². The Balaban J connectivity index is 1.74. The molecule has 3 rings (SSSR count). The van der Waals surface area contributed by atoms with Crippen LogP contribution >= 0.6 is 0 Å². The summed E-state index contributed by atoms with van der Waals surface area (Å²) in [5.41, 5.74) is 7.39. The molecule has 1 heterocycles. The Bertz CT molecular complexity index is 922. The SMILES string of the molecule is C=C(C)c1ccc(C)cc1-c1ccc(CCC(CC)c2nc(C)no2)cc1. The fourth-order valence-electron chi connectivity index (χ4n) is 3.44. The molecule has 0 bridgehead atoms. The van der Waals surface area contributed by atoms with Crippen molar-refractivity contribution in [3.8, 4) is 11.1 Å². The van der Waals surface area contributed by atoms with Gasteiger partial charge < -0.3 is 4.52 Å². The summed E-state index contributed by atoms with van der Waals surface area (Å²) in [4.78, 5) is 4.40. The molecule has 0 radical (unpaired) electrons. The normalized spacial score (nSPS) is 12.1. The van der Waals surface area contributed by atoms with Crippen LogP contribution < -0.4 is 0 Å². The molecule has 0 aliphatic heterocycles. The van der Waals surface area contributed by atoms with Crippen LogP contribution in [0.4, 0.5) is 0 Å². The number of allylic oxidation sites excluding steroid dienone is 1. The topological polar surface area (TPSA) is 38.9 Å². The smallest absolute Gasteiger partial charge is 0.229 e. The second-order valence-corrected chi connectivity index (χ2v) is 7.35. The third kappa shape index (κ3) is 4.54. The molecule has 0 amide bonds. The molecular formula is C24H28N2O. The molecule has 0 saturated carbocycles. The third-order valence-corrected chi connectivity index (χ3v) is 5.07. The van der Waals surface area contributed by atoms with Gasteiger partial charge in [0.25, 0.3) is 0 Å². The van der Waals surface area contributed by atoms with Gasteiger partial charge in [-0.1, -0.05) is 72.3 Å². The highest BCUT2D eigenvalue weighted by atomic mass is 16.5. The quantitative estimate of drug-likeness (QED) is 0.482. The predicted molar refractivity (Wildman–Crippen MR) is 112 cm³/mol. The van der Waals surface area contributed by atoms with Gasteiger partial charge in [-0.3, -0.25) is 0 Å². The summed E-state index contributed by atoms with van der Waals surface area (Å²) in [5, 5.41) is 3.92. The summed E-state index contributed by atoms with van der Waals surface area (Å²) < 4.78 is 5.36. The van der Waals surface area contributed by atoms with Crippen molar-refractivity contribution < 1.29 is 4.52 Å². The van der Waals surface area contributed by atoms with Gasteiger partial charge in [-0.15, -0.1) is 0 Å². The maximum atomic E-state index is 5.36. The van der Waals surface area contributed by atoms with Crippen molar-refractivity contribution in [2.45, 2.75) is 52.9 Å². The van der Waals surface area contributed by atoms with Crippen LogP contribution in [0, 0.1) is 13.8 Å². The molecule has 1 aromatic heterocycles. The van der Waals surface area contributed by atoms with Crippen molar-refractivity contribution in [1.29, 1.82) is 0 Å². The van der Waals surface area contributed by atoms with Gasteiger partial charge in [0.15, 0.2) is 5.82 Å². The summed E-state index contributed by atoms with van der Waals surface area (Å²) in [7, 11) is 0. The van der Waals surface area contributed by atoms with Crippen LogP contribution in [0.15, 0.2) is 53.6 Å². The second-order valence-electron chi connectivity index (χ2n) is 7.35. The van der Waals surface area contributed by atoms with Gasteiger partial charge >= 0.3 is 0 Å². The van der Waals surface area contributed by atoms with Crippen LogP contribution in [0.2, 0.25) is 0 Å². The Hall–Kier alpha value is -2.68. The van der Waals surface area contributed by atoms with Gasteiger partial charge in [-0.2, -0.15) is 4.98 Å². The number of aromatic nitrogens is 2. The monoisotopic (exact) mass is 360 g/mol. The van der Waals surface area contributed by atoms with Crippen LogP contribution in [0.25, 0.3) is 16.7 Å². The van der Waals surface area contributed by atoms with Gasteiger partial charge in [-0.25, -0.2) is 0 Å². The van der Waals surface area contributed by atoms with E-state index in [1.165, 1.54) is 27.8 Å². The van der Waals surface area contributed by atoms with Gasteiger partial charge in [0, 0.05) is 5.92 Å². The van der Waals surface area contributed by atoms with Crippen molar-refractivity contribution in [2.24, 2.45) is 0 Å². The lowest BCUT2D eigenvalue weighted by molar-refractivity contribution is 0.340. The summed E-state index contributed by atoms with van der Waals surface area (Å²) in [5.74, 6) is 1.79. The summed E-state index contributed by atoms with van der Waals surface area (Å²) in [6.07, 6.45) is 3.02. The van der Waals surface area contributed by atoms with E-state index in [9.17, 15) is 0 Å². The van der Waals surface area contributed by atoms with Crippen LogP contribution in [-0.4, -0.2) is 10.1 Å². The van der Waals surface area contributed by atoms with Crippen molar-refractivity contribution in [3.05, 3.63) is 77.4 Å². The number of rotatable bonds is 7. The molecule has 1 atom stereocenters. The average Bonchev–Trinajstić information content (AvgIpc) is 3.08. The standard InChI is InChI=1S/C24H28N2O/c1-6-20(24-25-18(5)26-27-24)11-8-19-9-12-21(13-10-19)23-15-17(4)7-14-22(23)16(2)3/h7,9-10,12-15,20H,2,6,8,11H2,1,3-5H3. The van der Waals surface area contributed by atoms with E-state index in [0.717, 1.165) is 30.7 Å². The zero-order chi connectivity index (χ0) is 19.4. The van der Waals surface area contributed by atoms with Gasteiger partial charge in [0.2, 0.25) is 5.89 Å². The second kappa shape index (κ2) is 8.34. The maximum Gasteiger partial charge on any atom is 0.229 e. The van der Waals surface area contributed by atoms with Crippen LogP contribution in [0.5, 0.6) is 0 Å². The van der Waals surface area contributed by atoms with E-state index in [-0.39, 0.29) is 0 Å². The highest BCUT2D eigenvalue weighted by molar-refractivity contribution is 5.80. The van der Waals surface area contributed by atoms with Crippen LogP contribution in [-0.2, 0) is 6.42 Å². The van der Waals surface area contributed by atoms with Gasteiger partial charge in [0.1, 0.15) is 0 Å². The van der Waals surface area contributed by atoms with E-state index >= 15 is 0 Å². The zero-order valence-electron chi connectivity index (χ0n) is 16.7. The number of hydrogen-bond donors (Lipinski definition) is 0. The first kappa shape index (κ1) is 19.1. The molecular weight excluding hydrogens is 332 g/mol. The van der Waals surface area contributed by atoms with Gasteiger partial charge in [0.05, 0.1) is 0 Å². The average molecular weight is 361 g/mol. The molecule has 3 nitrogen and oxygen atoms in total. The maximum absolute atomic E-state index is 5.36. The van der Waals surface area contributed by atoms with Crippen molar-refractivity contribution >= 4 is 5.57 Å². The molecule has 0 aliphatic rings. The first-order valence-corrected chi connectivity index (χ1v) is 9.64. The lowest BCUT2D eigenvalue weighted by Crippen LogP contribution is -2.00. The number of nitrogens with zero attached hydrogens (tertiary/aromatic N) is 2. The third-order valence-electron chi connectivity index (χ3n) is 5.07. The molecule has 0 fully saturated rings. The first-order valence-electron chi connectivity index (χ1n) is 9.64. The van der Waals surface area contributed by atoms with E-state index in [1.54, 1.807) is 0 Å². The first-order chi connectivity index (χ1) is 13.0. The molecule has 3 aromatic rings. The zero-order valence-corrected chi connectivity index (χ0v) is 16.7. The van der Waals surface area contributed by atoms with Crippen molar-refractivity contribution in [2.75, 3.05) is 0 Å². The highest BCUT2D eigenvalue weighted by Crippen LogP contribution is 2.30. The molecule has 140 valence electrons. The Labute approximate surface area is 162 Å². The number of hydrogen-bond acceptors (Lipinski definition) is 3. The molecule has 0 aliphatic carbocycles. The molecule has 0 saturated heterocycles. The molecule has 2 aromatic carbocycles. The molecule has 27 heavy (non-hydrogen) atoms. The number of benzene rings is 2. The molecule has 1 unspecified atom stereocenters. The summed E-state index contributed by atoms with van der Waals surface area (Å²) >= 11 is 0. The van der Waals surface area contributed by atoms with Gasteiger partial charge in [-0.05, 0) is 62.3 Å². The van der Waals surface area contributed by atoms with Crippen LogP contribution in [0.3, 0.4) is 0 Å². The molecule has 0 spiro atoms. The highest BCUT2D eigenvalue weighted by Gasteiger charge is 2.16. The summed E-state index contributed by atoms with van der Waals surface area (Å²) in [6, 6.07) is 15.4. The Morgan fingerprint density at radius 1 is 1.11 bits per heavy atom. The number of aryl methyl sites for hydroxylation is 3. The minimum Gasteiger partial charge on any atom is -0.339 e. The summed E-state index contributed by atoms with van der Waals surface area (Å²) in [6.45, 7) is 12.4. The van der Waals surface area contributed by atoms with E-state index in [1.807, 2.05) is 6.92 Å². The molecule has 3 heteroatoms. The van der Waals surface area contributed by atoms with E-state index in [2.05, 4.69) is 80.0 Å². The fraction of sp³-hybridized carbons (Fsp3) is 0.333. The minimum atomic E-state index is 0.317. The van der Waals surface area contributed by atoms with Crippen molar-refractivity contribution in [3.63, 3.8) is 0 Å². The van der Waals surface area contributed by atoms with E-state index in [4.69, 9.17) is 4.52 Å².